The molecule has 1 aromatic carbocycles. The van der Waals surface area contributed by atoms with Gasteiger partial charge in [0.05, 0.1) is 12.7 Å². The molecule has 0 saturated carbocycles. The molecular weight excluding hydrogens is 240 g/mol. The van der Waals surface area contributed by atoms with E-state index in [1.807, 2.05) is 29.1 Å². The van der Waals surface area contributed by atoms with E-state index in [-0.39, 0.29) is 0 Å². The highest BCUT2D eigenvalue weighted by Crippen LogP contribution is 2.22. The Morgan fingerprint density at radius 2 is 1.95 bits per heavy atom. The summed E-state index contributed by atoms with van der Waals surface area (Å²) in [4.78, 5) is 4.17. The second-order valence-corrected chi connectivity index (χ2v) is 4.30. The molecule has 4 N–H and O–H groups in total. The number of anilines is 1. The van der Waals surface area contributed by atoms with Gasteiger partial charge in [0, 0.05) is 11.8 Å². The highest BCUT2D eigenvalue weighted by atomic mass is 15.3. The molecule has 0 aliphatic carbocycles. The van der Waals surface area contributed by atoms with Crippen LogP contribution in [0.25, 0.3) is 11.3 Å². The van der Waals surface area contributed by atoms with Gasteiger partial charge in [-0.05, 0) is 5.56 Å². The van der Waals surface area contributed by atoms with Gasteiger partial charge in [-0.3, -0.25) is 4.68 Å². The van der Waals surface area contributed by atoms with Crippen LogP contribution in [0.1, 0.15) is 5.56 Å². The predicted octanol–water partition coefficient (Wildman–Crippen LogP) is 1.09. The molecule has 96 valence electrons. The summed E-state index contributed by atoms with van der Waals surface area (Å²) in [5, 5.41) is 4.31. The molecule has 2 aromatic heterocycles. The molecular formula is C13H14N6. The first-order valence-electron chi connectivity index (χ1n) is 5.88. The van der Waals surface area contributed by atoms with Crippen molar-refractivity contribution in [3.05, 3.63) is 54.6 Å². The number of benzene rings is 1. The zero-order valence-corrected chi connectivity index (χ0v) is 10.3. The molecule has 0 aliphatic rings. The van der Waals surface area contributed by atoms with Crippen LogP contribution < -0.4 is 11.6 Å². The van der Waals surface area contributed by atoms with Crippen molar-refractivity contribution in [1.29, 1.82) is 0 Å². The van der Waals surface area contributed by atoms with E-state index in [9.17, 15) is 0 Å². The maximum atomic E-state index is 5.83. The SMILES string of the molecule is Nc1c(-c2cnn(Cc3ccccc3)c2)ncn1N. The molecule has 2 heterocycles. The zero-order chi connectivity index (χ0) is 13.2. The van der Waals surface area contributed by atoms with Gasteiger partial charge in [0.1, 0.15) is 12.0 Å². The lowest BCUT2D eigenvalue weighted by Crippen LogP contribution is -2.09. The van der Waals surface area contributed by atoms with E-state index in [0.717, 1.165) is 5.56 Å². The average Bonchev–Trinajstić information content (AvgIpc) is 3.00. The largest absolute Gasteiger partial charge is 0.382 e. The molecule has 3 aromatic rings. The van der Waals surface area contributed by atoms with Crippen LogP contribution in [-0.4, -0.2) is 19.4 Å². The molecule has 0 fully saturated rings. The third-order valence-electron chi connectivity index (χ3n) is 2.93. The summed E-state index contributed by atoms with van der Waals surface area (Å²) in [7, 11) is 0. The molecule has 0 amide bonds. The lowest BCUT2D eigenvalue weighted by molar-refractivity contribution is 0.687. The van der Waals surface area contributed by atoms with E-state index in [1.54, 1.807) is 6.20 Å². The standard InChI is InChI=1S/C13H14N6/c14-13-12(16-9-19(13)15)11-6-17-18(8-11)7-10-4-2-1-3-5-10/h1-6,8-9H,7,14-15H2. The Bertz CT molecular complexity index is 682. The van der Waals surface area contributed by atoms with Gasteiger partial charge in [0.25, 0.3) is 0 Å². The van der Waals surface area contributed by atoms with Gasteiger partial charge in [-0.2, -0.15) is 5.10 Å². The van der Waals surface area contributed by atoms with Crippen LogP contribution in [-0.2, 0) is 6.54 Å². The lowest BCUT2D eigenvalue weighted by Gasteiger charge is -2.00. The summed E-state index contributed by atoms with van der Waals surface area (Å²) < 4.78 is 3.14. The van der Waals surface area contributed by atoms with Crippen LogP contribution in [0.4, 0.5) is 5.82 Å². The monoisotopic (exact) mass is 254 g/mol. The Morgan fingerprint density at radius 3 is 2.63 bits per heavy atom. The van der Waals surface area contributed by atoms with Crippen LogP contribution in [0.15, 0.2) is 49.1 Å². The minimum absolute atomic E-state index is 0.430. The van der Waals surface area contributed by atoms with Gasteiger partial charge < -0.3 is 11.6 Å². The van der Waals surface area contributed by atoms with Crippen molar-refractivity contribution < 1.29 is 0 Å². The van der Waals surface area contributed by atoms with E-state index in [4.69, 9.17) is 11.6 Å². The topological polar surface area (TPSA) is 87.7 Å². The van der Waals surface area contributed by atoms with Crippen LogP contribution in [0.2, 0.25) is 0 Å². The summed E-state index contributed by atoms with van der Waals surface area (Å²) in [5.74, 6) is 6.04. The van der Waals surface area contributed by atoms with Crippen molar-refractivity contribution in [2.45, 2.75) is 6.54 Å². The van der Waals surface area contributed by atoms with Gasteiger partial charge in [-0.15, -0.1) is 0 Å². The van der Waals surface area contributed by atoms with Gasteiger partial charge >= 0.3 is 0 Å². The molecule has 0 spiro atoms. The van der Waals surface area contributed by atoms with Crippen molar-refractivity contribution in [2.75, 3.05) is 11.6 Å². The minimum atomic E-state index is 0.430. The third kappa shape index (κ3) is 2.15. The zero-order valence-electron chi connectivity index (χ0n) is 10.3. The molecule has 6 nitrogen and oxygen atoms in total. The summed E-state index contributed by atoms with van der Waals surface area (Å²) >= 11 is 0. The summed E-state index contributed by atoms with van der Waals surface area (Å²) in [6, 6.07) is 10.1. The Kier molecular flexibility index (Phi) is 2.68. The average molecular weight is 254 g/mol. The van der Waals surface area contributed by atoms with Gasteiger partial charge in [0.15, 0.2) is 5.82 Å². The number of imidazole rings is 1. The molecule has 0 atom stereocenters. The predicted molar refractivity (Wildman–Crippen MR) is 73.6 cm³/mol. The molecule has 0 radical (unpaired) electrons. The number of aromatic nitrogens is 4. The van der Waals surface area contributed by atoms with Crippen molar-refractivity contribution in [2.24, 2.45) is 0 Å². The van der Waals surface area contributed by atoms with Gasteiger partial charge in [-0.25, -0.2) is 9.66 Å². The second kappa shape index (κ2) is 4.49. The Balaban J connectivity index is 1.86. The van der Waals surface area contributed by atoms with Crippen molar-refractivity contribution in [3.63, 3.8) is 0 Å². The Hall–Kier alpha value is -2.76. The maximum absolute atomic E-state index is 5.83. The van der Waals surface area contributed by atoms with E-state index < -0.39 is 0 Å². The fourth-order valence-corrected chi connectivity index (χ4v) is 1.94. The Morgan fingerprint density at radius 1 is 1.16 bits per heavy atom. The summed E-state index contributed by atoms with van der Waals surface area (Å²) in [6.45, 7) is 0.712. The van der Waals surface area contributed by atoms with Crippen LogP contribution >= 0.6 is 0 Å². The number of nitrogens with two attached hydrogens (primary N) is 2. The van der Waals surface area contributed by atoms with Crippen molar-refractivity contribution in [1.82, 2.24) is 19.4 Å². The van der Waals surface area contributed by atoms with E-state index in [0.29, 0.717) is 18.1 Å². The van der Waals surface area contributed by atoms with Gasteiger partial charge in [0.2, 0.25) is 0 Å². The lowest BCUT2D eigenvalue weighted by atomic mass is 10.2. The highest BCUT2D eigenvalue weighted by Gasteiger charge is 2.10. The van der Waals surface area contributed by atoms with Crippen LogP contribution in [0.5, 0.6) is 0 Å². The van der Waals surface area contributed by atoms with Crippen LogP contribution in [0.3, 0.4) is 0 Å². The minimum Gasteiger partial charge on any atom is -0.382 e. The molecule has 0 bridgehead atoms. The van der Waals surface area contributed by atoms with E-state index >= 15 is 0 Å². The summed E-state index contributed by atoms with van der Waals surface area (Å²) in [5.41, 5.74) is 8.54. The first-order valence-corrected chi connectivity index (χ1v) is 5.88. The fraction of sp³-hybridized carbons (Fsp3) is 0.0769. The first kappa shape index (κ1) is 11.3. The molecule has 3 rings (SSSR count). The van der Waals surface area contributed by atoms with Crippen molar-refractivity contribution in [3.8, 4) is 11.3 Å². The normalized spacial score (nSPS) is 10.7. The number of nitrogen functional groups attached to an aromatic ring is 2. The summed E-state index contributed by atoms with van der Waals surface area (Å²) in [6.07, 6.45) is 5.13. The van der Waals surface area contributed by atoms with Crippen molar-refractivity contribution >= 4 is 5.82 Å². The first-order chi connectivity index (χ1) is 9.24. The second-order valence-electron chi connectivity index (χ2n) is 4.30. The number of hydrogen-bond acceptors (Lipinski definition) is 4. The quantitative estimate of drug-likeness (QED) is 0.685. The van der Waals surface area contributed by atoms with Crippen LogP contribution in [0, 0.1) is 0 Å². The smallest absolute Gasteiger partial charge is 0.150 e. The molecule has 0 unspecified atom stereocenters. The van der Waals surface area contributed by atoms with E-state index in [2.05, 4.69) is 22.2 Å². The number of rotatable bonds is 3. The Labute approximate surface area is 110 Å². The molecule has 19 heavy (non-hydrogen) atoms. The maximum Gasteiger partial charge on any atom is 0.150 e. The fourth-order valence-electron chi connectivity index (χ4n) is 1.94. The molecule has 0 saturated heterocycles. The number of nitrogens with zero attached hydrogens (tertiary/aromatic N) is 4. The van der Waals surface area contributed by atoms with Gasteiger partial charge in [-0.1, -0.05) is 30.3 Å². The molecule has 0 aliphatic heterocycles. The molecule has 6 heteroatoms. The van der Waals surface area contributed by atoms with E-state index in [1.165, 1.54) is 16.6 Å². The highest BCUT2D eigenvalue weighted by molar-refractivity contribution is 5.69. The number of hydrogen-bond donors (Lipinski definition) is 2. The third-order valence-corrected chi connectivity index (χ3v) is 2.93.